The highest BCUT2D eigenvalue weighted by Crippen LogP contribution is 2.23. The van der Waals surface area contributed by atoms with E-state index in [1.165, 1.54) is 0 Å². The Bertz CT molecular complexity index is 379. The van der Waals surface area contributed by atoms with Gasteiger partial charge in [-0.05, 0) is 31.9 Å². The summed E-state index contributed by atoms with van der Waals surface area (Å²) < 4.78 is 0. The molecule has 0 spiro atoms. The molecule has 0 aromatic carbocycles. The Kier molecular flexibility index (Phi) is 2.58. The zero-order chi connectivity index (χ0) is 10.8. The van der Waals surface area contributed by atoms with Crippen molar-refractivity contribution in [3.8, 4) is 0 Å². The van der Waals surface area contributed by atoms with Crippen LogP contribution in [0.2, 0.25) is 0 Å². The normalized spacial score (nSPS) is 20.6. The first-order chi connectivity index (χ1) is 7.18. The van der Waals surface area contributed by atoms with E-state index in [0.29, 0.717) is 6.42 Å². The van der Waals surface area contributed by atoms with Gasteiger partial charge in [0.05, 0.1) is 0 Å². The number of carboxylic acids is 1. The van der Waals surface area contributed by atoms with Crippen LogP contribution in [0.3, 0.4) is 0 Å². The molecule has 80 valence electrons. The highest BCUT2D eigenvalue weighted by atomic mass is 16.4. The molecule has 1 unspecified atom stereocenters. The van der Waals surface area contributed by atoms with E-state index in [9.17, 15) is 4.79 Å². The number of aromatic nitrogens is 1. The second-order valence-electron chi connectivity index (χ2n) is 3.83. The van der Waals surface area contributed by atoms with Crippen LogP contribution in [0, 0.1) is 6.92 Å². The van der Waals surface area contributed by atoms with E-state index in [2.05, 4.69) is 4.98 Å². The van der Waals surface area contributed by atoms with Gasteiger partial charge in [-0.2, -0.15) is 0 Å². The van der Waals surface area contributed by atoms with E-state index >= 15 is 0 Å². The van der Waals surface area contributed by atoms with Crippen molar-refractivity contribution < 1.29 is 9.90 Å². The topological polar surface area (TPSA) is 53.4 Å². The number of hydrogen-bond donors (Lipinski definition) is 1. The molecule has 1 aromatic heterocycles. The molecule has 15 heavy (non-hydrogen) atoms. The van der Waals surface area contributed by atoms with E-state index in [4.69, 9.17) is 5.11 Å². The molecule has 0 aliphatic carbocycles. The van der Waals surface area contributed by atoms with E-state index in [0.717, 1.165) is 24.5 Å². The Morgan fingerprint density at radius 2 is 2.40 bits per heavy atom. The first-order valence-electron chi connectivity index (χ1n) is 5.11. The number of carboxylic acid groups (broad SMARTS) is 1. The van der Waals surface area contributed by atoms with Gasteiger partial charge in [0.1, 0.15) is 11.9 Å². The van der Waals surface area contributed by atoms with Gasteiger partial charge in [-0.3, -0.25) is 0 Å². The van der Waals surface area contributed by atoms with Gasteiger partial charge in [-0.1, -0.05) is 6.07 Å². The average Bonchev–Trinajstić information content (AvgIpc) is 2.65. The zero-order valence-electron chi connectivity index (χ0n) is 8.68. The summed E-state index contributed by atoms with van der Waals surface area (Å²) in [5.41, 5.74) is 0.920. The molecule has 1 aliphatic rings. The van der Waals surface area contributed by atoms with Gasteiger partial charge in [0.2, 0.25) is 0 Å². The highest BCUT2D eigenvalue weighted by molar-refractivity contribution is 5.78. The fourth-order valence-corrected chi connectivity index (χ4v) is 1.99. The third-order valence-electron chi connectivity index (χ3n) is 2.71. The largest absolute Gasteiger partial charge is 0.480 e. The lowest BCUT2D eigenvalue weighted by Crippen LogP contribution is -2.36. The maximum absolute atomic E-state index is 11.0. The maximum atomic E-state index is 11.0. The summed E-state index contributed by atoms with van der Waals surface area (Å²) in [6.07, 6.45) is 1.64. The maximum Gasteiger partial charge on any atom is 0.326 e. The molecule has 2 rings (SSSR count). The van der Waals surface area contributed by atoms with E-state index in [1.807, 2.05) is 30.0 Å². The van der Waals surface area contributed by atoms with Gasteiger partial charge < -0.3 is 10.0 Å². The van der Waals surface area contributed by atoms with Gasteiger partial charge >= 0.3 is 5.97 Å². The minimum absolute atomic E-state index is 0.403. The predicted molar refractivity (Wildman–Crippen MR) is 57.0 cm³/mol. The standard InChI is InChI=1S/C11H14N2O2/c1-8-4-2-6-10(12-8)13-7-3-5-9(13)11(14)15/h2,4,6,9H,3,5,7H2,1H3,(H,14,15). The van der Waals surface area contributed by atoms with Gasteiger partial charge in [0.25, 0.3) is 0 Å². The van der Waals surface area contributed by atoms with Crippen molar-refractivity contribution in [2.45, 2.75) is 25.8 Å². The molecule has 1 aromatic rings. The molecule has 0 saturated carbocycles. The van der Waals surface area contributed by atoms with Crippen LogP contribution in [-0.2, 0) is 4.79 Å². The van der Waals surface area contributed by atoms with E-state index in [1.54, 1.807) is 0 Å². The molecule has 0 radical (unpaired) electrons. The average molecular weight is 206 g/mol. The summed E-state index contributed by atoms with van der Waals surface area (Å²) in [4.78, 5) is 17.2. The number of carbonyl (C=O) groups is 1. The number of aliphatic carboxylic acids is 1. The van der Waals surface area contributed by atoms with Gasteiger partial charge in [-0.15, -0.1) is 0 Å². The highest BCUT2D eigenvalue weighted by Gasteiger charge is 2.31. The first kappa shape index (κ1) is 9.96. The van der Waals surface area contributed by atoms with Crippen molar-refractivity contribution in [2.75, 3.05) is 11.4 Å². The van der Waals surface area contributed by atoms with Crippen LogP contribution in [0.4, 0.5) is 5.82 Å². The van der Waals surface area contributed by atoms with Crippen molar-refractivity contribution in [3.63, 3.8) is 0 Å². The van der Waals surface area contributed by atoms with E-state index in [-0.39, 0.29) is 0 Å². The van der Waals surface area contributed by atoms with Crippen molar-refractivity contribution in [2.24, 2.45) is 0 Å². The van der Waals surface area contributed by atoms with Crippen LogP contribution in [0.1, 0.15) is 18.5 Å². The summed E-state index contributed by atoms with van der Waals surface area (Å²) in [7, 11) is 0. The smallest absolute Gasteiger partial charge is 0.326 e. The minimum atomic E-state index is -0.754. The molecule has 1 fully saturated rings. The Hall–Kier alpha value is -1.58. The number of anilines is 1. The summed E-state index contributed by atoms with van der Waals surface area (Å²) in [5, 5.41) is 9.04. The quantitative estimate of drug-likeness (QED) is 0.795. The molecule has 1 aliphatic heterocycles. The molecular formula is C11H14N2O2. The molecule has 4 nitrogen and oxygen atoms in total. The monoisotopic (exact) mass is 206 g/mol. The lowest BCUT2D eigenvalue weighted by Gasteiger charge is -2.22. The fraction of sp³-hybridized carbons (Fsp3) is 0.455. The van der Waals surface area contributed by atoms with Crippen LogP contribution in [0.5, 0.6) is 0 Å². The van der Waals surface area contributed by atoms with Crippen LogP contribution < -0.4 is 4.90 Å². The second kappa shape index (κ2) is 3.88. The van der Waals surface area contributed by atoms with Crippen LogP contribution >= 0.6 is 0 Å². The van der Waals surface area contributed by atoms with E-state index < -0.39 is 12.0 Å². The number of pyridine rings is 1. The molecule has 0 amide bonds. The Morgan fingerprint density at radius 3 is 3.07 bits per heavy atom. The SMILES string of the molecule is Cc1cccc(N2CCCC2C(=O)O)n1. The van der Waals surface area contributed by atoms with Crippen LogP contribution in [-0.4, -0.2) is 28.6 Å². The first-order valence-corrected chi connectivity index (χ1v) is 5.11. The molecule has 0 bridgehead atoms. The van der Waals surface area contributed by atoms with Gasteiger partial charge in [0.15, 0.2) is 0 Å². The number of rotatable bonds is 2. The molecule has 2 heterocycles. The van der Waals surface area contributed by atoms with Crippen molar-refractivity contribution >= 4 is 11.8 Å². The van der Waals surface area contributed by atoms with Gasteiger partial charge in [0, 0.05) is 12.2 Å². The zero-order valence-corrected chi connectivity index (χ0v) is 8.68. The molecule has 4 heteroatoms. The molecule has 1 saturated heterocycles. The molecule has 1 N–H and O–H groups in total. The van der Waals surface area contributed by atoms with Crippen molar-refractivity contribution in [1.82, 2.24) is 4.98 Å². The van der Waals surface area contributed by atoms with Crippen molar-refractivity contribution in [1.29, 1.82) is 0 Å². The van der Waals surface area contributed by atoms with Crippen LogP contribution in [0.15, 0.2) is 18.2 Å². The number of nitrogens with zero attached hydrogens (tertiary/aromatic N) is 2. The minimum Gasteiger partial charge on any atom is -0.480 e. The molecule has 1 atom stereocenters. The van der Waals surface area contributed by atoms with Crippen molar-refractivity contribution in [3.05, 3.63) is 23.9 Å². The molecular weight excluding hydrogens is 192 g/mol. The summed E-state index contributed by atoms with van der Waals surface area (Å²) in [5.74, 6) is 0.0238. The Labute approximate surface area is 88.6 Å². The Balaban J connectivity index is 2.26. The number of hydrogen-bond acceptors (Lipinski definition) is 3. The summed E-state index contributed by atoms with van der Waals surface area (Å²) in [6.45, 7) is 2.70. The summed E-state index contributed by atoms with van der Waals surface area (Å²) >= 11 is 0. The number of aryl methyl sites for hydroxylation is 1. The lowest BCUT2D eigenvalue weighted by molar-refractivity contribution is -0.138. The summed E-state index contributed by atoms with van der Waals surface area (Å²) in [6, 6.07) is 5.29. The van der Waals surface area contributed by atoms with Gasteiger partial charge in [-0.25, -0.2) is 9.78 Å². The second-order valence-corrected chi connectivity index (χ2v) is 3.83. The fourth-order valence-electron chi connectivity index (χ4n) is 1.99. The Morgan fingerprint density at radius 1 is 1.60 bits per heavy atom. The predicted octanol–water partition coefficient (Wildman–Crippen LogP) is 1.44. The third kappa shape index (κ3) is 1.93. The third-order valence-corrected chi connectivity index (χ3v) is 2.71. The van der Waals surface area contributed by atoms with Crippen LogP contribution in [0.25, 0.3) is 0 Å². The lowest BCUT2D eigenvalue weighted by atomic mass is 10.2.